The van der Waals surface area contributed by atoms with Gasteiger partial charge >= 0.3 is 0 Å². The molecule has 1 aromatic rings. The highest BCUT2D eigenvalue weighted by molar-refractivity contribution is 6.05. The summed E-state index contributed by atoms with van der Waals surface area (Å²) in [6, 6.07) is 5.77. The van der Waals surface area contributed by atoms with E-state index in [1.54, 1.807) is 29.3 Å². The second-order valence-electron chi connectivity index (χ2n) is 9.99. The molecule has 8 heteroatoms. The number of rotatable bonds is 7. The molecule has 1 aliphatic carbocycles. The van der Waals surface area contributed by atoms with E-state index in [0.29, 0.717) is 36.5 Å². The number of amidine groups is 1. The number of pyridine rings is 1. The molecule has 4 fully saturated rings. The number of fused-ring (bicyclic) bond motifs is 2. The summed E-state index contributed by atoms with van der Waals surface area (Å²) in [6.45, 7) is 2.46. The summed E-state index contributed by atoms with van der Waals surface area (Å²) < 4.78 is 5.87. The Hall–Kier alpha value is -3.05. The van der Waals surface area contributed by atoms with Crippen molar-refractivity contribution >= 4 is 29.0 Å². The minimum absolute atomic E-state index is 0.0141. The van der Waals surface area contributed by atoms with Crippen molar-refractivity contribution in [2.75, 3.05) is 11.4 Å². The minimum atomic E-state index is -0.894. The van der Waals surface area contributed by atoms with Gasteiger partial charge in [0.15, 0.2) is 11.6 Å². The molecule has 0 radical (unpaired) electrons. The van der Waals surface area contributed by atoms with E-state index in [0.717, 1.165) is 38.5 Å². The van der Waals surface area contributed by atoms with Crippen LogP contribution < -0.4 is 10.6 Å². The van der Waals surface area contributed by atoms with Crippen LogP contribution >= 0.6 is 0 Å². The number of anilines is 1. The Labute approximate surface area is 199 Å². The van der Waals surface area contributed by atoms with Crippen LogP contribution in [-0.4, -0.2) is 41.3 Å². The number of aliphatic imine (C=N–C) groups is 1. The molecule has 1 amide bonds. The minimum Gasteiger partial charge on any atom is -0.384 e. The summed E-state index contributed by atoms with van der Waals surface area (Å²) >= 11 is 0. The second kappa shape index (κ2) is 8.95. The molecule has 34 heavy (non-hydrogen) atoms. The number of carbonyl (C=O) groups excluding carboxylic acids is 2. The van der Waals surface area contributed by atoms with E-state index in [2.05, 4.69) is 16.0 Å². The number of Topliss-reactive ketones (excluding diaryl/α,β-unsaturated/α-hetero) is 1. The van der Waals surface area contributed by atoms with E-state index < -0.39 is 5.41 Å². The first-order valence-electron chi connectivity index (χ1n) is 12.4. The van der Waals surface area contributed by atoms with Gasteiger partial charge in [-0.3, -0.25) is 9.59 Å². The molecule has 4 heterocycles. The van der Waals surface area contributed by atoms with Gasteiger partial charge in [-0.05, 0) is 75.0 Å². The molecule has 0 spiro atoms. The van der Waals surface area contributed by atoms with Crippen LogP contribution in [0.5, 0.6) is 0 Å². The molecular weight excluding hydrogens is 430 g/mol. The Morgan fingerprint density at radius 3 is 2.74 bits per heavy atom. The third-order valence-electron chi connectivity index (χ3n) is 7.80. The molecule has 2 N–H and O–H groups in total. The maximum atomic E-state index is 13.1. The van der Waals surface area contributed by atoms with E-state index in [1.165, 1.54) is 0 Å². The third kappa shape index (κ3) is 4.14. The Bertz CT molecular complexity index is 1090. The van der Waals surface area contributed by atoms with Crippen LogP contribution in [0, 0.1) is 28.6 Å². The summed E-state index contributed by atoms with van der Waals surface area (Å²) in [4.78, 5) is 36.6. The molecule has 3 aliphatic heterocycles. The number of aromatic nitrogens is 1. The Morgan fingerprint density at radius 2 is 2.09 bits per heavy atom. The summed E-state index contributed by atoms with van der Waals surface area (Å²) in [5, 5.41) is 9.73. The molecule has 2 unspecified atom stereocenters. The number of ether oxygens (including phenoxy) is 1. The van der Waals surface area contributed by atoms with Crippen molar-refractivity contribution < 1.29 is 14.3 Å². The fourth-order valence-corrected chi connectivity index (χ4v) is 5.79. The maximum absolute atomic E-state index is 13.1. The number of nitriles is 1. The average Bonchev–Trinajstić information content (AvgIpc) is 3.57. The highest BCUT2D eigenvalue weighted by Crippen LogP contribution is 2.52. The highest BCUT2D eigenvalue weighted by Gasteiger charge is 2.56. The number of nitrogens with zero attached hydrogens (tertiary/aromatic N) is 4. The van der Waals surface area contributed by atoms with Crippen LogP contribution in [0.1, 0.15) is 58.3 Å². The second-order valence-corrected chi connectivity index (χ2v) is 9.99. The van der Waals surface area contributed by atoms with Gasteiger partial charge < -0.3 is 15.4 Å². The molecule has 4 aliphatic rings. The molecule has 3 atom stereocenters. The van der Waals surface area contributed by atoms with Crippen molar-refractivity contribution in [3.63, 3.8) is 0 Å². The molecule has 1 saturated carbocycles. The fourth-order valence-electron chi connectivity index (χ4n) is 5.79. The molecule has 178 valence electrons. The predicted molar refractivity (Wildman–Crippen MR) is 127 cm³/mol. The van der Waals surface area contributed by atoms with E-state index in [9.17, 15) is 14.9 Å². The SMILES string of the molecule is CC/C(=C\C(N)=Nc1cc(N2CC[C@@](C#N)(C3CC3)C2=O)ccn1)C(=O)C1CC2CCC(C1)O2. The van der Waals surface area contributed by atoms with Crippen molar-refractivity contribution in [3.05, 3.63) is 30.0 Å². The zero-order chi connectivity index (χ0) is 23.9. The molecule has 3 saturated heterocycles. The van der Waals surface area contributed by atoms with Gasteiger partial charge in [0.2, 0.25) is 5.91 Å². The van der Waals surface area contributed by atoms with Gasteiger partial charge in [-0.2, -0.15) is 5.26 Å². The number of ketones is 1. The van der Waals surface area contributed by atoms with Gasteiger partial charge in [0.1, 0.15) is 11.3 Å². The smallest absolute Gasteiger partial charge is 0.247 e. The van der Waals surface area contributed by atoms with Gasteiger partial charge in [-0.15, -0.1) is 0 Å². The summed E-state index contributed by atoms with van der Waals surface area (Å²) in [5.41, 5.74) is 6.63. The van der Waals surface area contributed by atoms with Gasteiger partial charge in [0.25, 0.3) is 0 Å². The number of nitrogens with two attached hydrogens (primary N) is 1. The van der Waals surface area contributed by atoms with Crippen LogP contribution in [-0.2, 0) is 14.3 Å². The molecular formula is C26H31N5O3. The van der Waals surface area contributed by atoms with Crippen molar-refractivity contribution in [1.29, 1.82) is 5.26 Å². The lowest BCUT2D eigenvalue weighted by Gasteiger charge is -2.27. The van der Waals surface area contributed by atoms with Gasteiger partial charge in [0.05, 0.1) is 18.3 Å². The Morgan fingerprint density at radius 1 is 1.35 bits per heavy atom. The van der Waals surface area contributed by atoms with Crippen molar-refractivity contribution in [2.45, 2.75) is 70.5 Å². The molecule has 2 bridgehead atoms. The van der Waals surface area contributed by atoms with Gasteiger partial charge in [-0.25, -0.2) is 9.98 Å². The van der Waals surface area contributed by atoms with E-state index in [-0.39, 0.29) is 41.6 Å². The van der Waals surface area contributed by atoms with Crippen molar-refractivity contribution in [1.82, 2.24) is 4.98 Å². The predicted octanol–water partition coefficient (Wildman–Crippen LogP) is 3.59. The van der Waals surface area contributed by atoms with Crippen LogP contribution in [0.3, 0.4) is 0 Å². The topological polar surface area (TPSA) is 122 Å². The van der Waals surface area contributed by atoms with Crippen LogP contribution in [0.25, 0.3) is 0 Å². The first-order valence-corrected chi connectivity index (χ1v) is 12.4. The number of hydrogen-bond acceptors (Lipinski definition) is 6. The number of amides is 1. The first-order chi connectivity index (χ1) is 16.4. The van der Waals surface area contributed by atoms with E-state index in [4.69, 9.17) is 10.5 Å². The molecule has 1 aromatic heterocycles. The fraction of sp³-hybridized carbons (Fsp3) is 0.577. The monoisotopic (exact) mass is 461 g/mol. The molecule has 8 nitrogen and oxygen atoms in total. The zero-order valence-corrected chi connectivity index (χ0v) is 19.6. The molecule has 0 aromatic carbocycles. The first kappa shape index (κ1) is 22.7. The quantitative estimate of drug-likeness (QED) is 0.376. The average molecular weight is 462 g/mol. The van der Waals surface area contributed by atoms with E-state index in [1.807, 2.05) is 6.92 Å². The standard InChI is InChI=1S/C26H31N5O3/c1-2-16(24(32)17-11-20-5-6-21(12-17)34-20)13-22(28)30-23-14-19(7-9-29-23)31-10-8-26(15-27,25(31)33)18-3-4-18/h7,9,13-14,17-18,20-21H,2-6,8,10-12H2,1H3,(H2,28,29,30)/b16-13+/t17?,20?,21?,26-/m1/s1. The largest absolute Gasteiger partial charge is 0.384 e. The van der Waals surface area contributed by atoms with Crippen LogP contribution in [0.4, 0.5) is 11.5 Å². The number of hydrogen-bond donors (Lipinski definition) is 1. The lowest BCUT2D eigenvalue weighted by Crippen LogP contribution is -2.35. The van der Waals surface area contributed by atoms with Crippen molar-refractivity contribution in [2.24, 2.45) is 28.0 Å². The number of carbonyl (C=O) groups is 2. The normalized spacial score (nSPS) is 31.6. The Kier molecular flexibility index (Phi) is 5.98. The zero-order valence-electron chi connectivity index (χ0n) is 19.6. The maximum Gasteiger partial charge on any atom is 0.247 e. The van der Waals surface area contributed by atoms with Gasteiger partial charge in [0, 0.05) is 30.4 Å². The Balaban J connectivity index is 1.32. The van der Waals surface area contributed by atoms with E-state index >= 15 is 0 Å². The lowest BCUT2D eigenvalue weighted by atomic mass is 9.83. The van der Waals surface area contributed by atoms with Gasteiger partial charge in [-0.1, -0.05) is 6.92 Å². The summed E-state index contributed by atoms with van der Waals surface area (Å²) in [5.74, 6) is 0.744. The molecule has 5 rings (SSSR count). The highest BCUT2D eigenvalue weighted by atomic mass is 16.5. The lowest BCUT2D eigenvalue weighted by molar-refractivity contribution is -0.125. The third-order valence-corrected chi connectivity index (χ3v) is 7.80. The van der Waals surface area contributed by atoms with Crippen LogP contribution in [0.15, 0.2) is 35.0 Å². The number of allylic oxidation sites excluding steroid dienone is 1. The summed E-state index contributed by atoms with van der Waals surface area (Å²) in [7, 11) is 0. The van der Waals surface area contributed by atoms with Crippen LogP contribution in [0.2, 0.25) is 0 Å². The summed E-state index contributed by atoms with van der Waals surface area (Å²) in [6.07, 6.45) is 10.3. The van der Waals surface area contributed by atoms with Crippen molar-refractivity contribution in [3.8, 4) is 6.07 Å².